The molecule has 156 valence electrons. The van der Waals surface area contributed by atoms with E-state index in [0.717, 1.165) is 27.8 Å². The summed E-state index contributed by atoms with van der Waals surface area (Å²) in [5.74, 6) is 0.870. The quantitative estimate of drug-likeness (QED) is 0.541. The molecule has 3 rings (SSSR count). The minimum atomic E-state index is -0.538. The first kappa shape index (κ1) is 21.7. The van der Waals surface area contributed by atoms with Crippen LogP contribution in [-0.2, 0) is 22.4 Å². The van der Waals surface area contributed by atoms with E-state index in [1.807, 2.05) is 45.0 Å². The summed E-state index contributed by atoms with van der Waals surface area (Å²) in [6.45, 7) is 7.91. The highest BCUT2D eigenvalue weighted by atomic mass is 79.9. The topological polar surface area (TPSA) is 48.0 Å². The zero-order valence-electron chi connectivity index (χ0n) is 17.2. The molecule has 0 fully saturated rings. The Hall–Kier alpha value is -2.05. The van der Waals surface area contributed by atoms with Crippen molar-refractivity contribution in [1.82, 2.24) is 4.90 Å². The fourth-order valence-electron chi connectivity index (χ4n) is 3.15. The number of carbonyl (C=O) groups is 1. The first-order valence-corrected chi connectivity index (χ1v) is 10.6. The largest absolute Gasteiger partial charge is 0.491 e. The molecule has 6 heteroatoms. The van der Waals surface area contributed by atoms with Gasteiger partial charge in [-0.15, -0.1) is 0 Å². The lowest BCUT2D eigenvalue weighted by atomic mass is 10.0. The zero-order chi connectivity index (χ0) is 20.9. The Morgan fingerprint density at radius 1 is 1.07 bits per heavy atom. The summed E-state index contributed by atoms with van der Waals surface area (Å²) in [6.07, 6.45) is 0.416. The van der Waals surface area contributed by atoms with Gasteiger partial charge in [-0.1, -0.05) is 40.2 Å². The Bertz CT molecular complexity index is 847. The molecule has 0 N–H and O–H groups in total. The number of rotatable bonds is 0. The van der Waals surface area contributed by atoms with E-state index in [1.54, 1.807) is 4.90 Å². The molecule has 2 bridgehead atoms. The summed E-state index contributed by atoms with van der Waals surface area (Å²) < 4.78 is 18.2. The normalized spacial score (nSPS) is 15.7. The lowest BCUT2D eigenvalue weighted by Crippen LogP contribution is -2.38. The molecule has 0 aromatic heterocycles. The smallest absolute Gasteiger partial charge is 0.410 e. The van der Waals surface area contributed by atoms with Gasteiger partial charge in [-0.25, -0.2) is 4.79 Å². The molecule has 2 aromatic rings. The van der Waals surface area contributed by atoms with Gasteiger partial charge in [0, 0.05) is 24.0 Å². The van der Waals surface area contributed by atoms with Crippen molar-refractivity contribution < 1.29 is 19.0 Å². The van der Waals surface area contributed by atoms with Crippen molar-refractivity contribution in [2.45, 2.75) is 39.3 Å². The molecule has 2 aromatic carbocycles. The van der Waals surface area contributed by atoms with Crippen molar-refractivity contribution in [2.24, 2.45) is 0 Å². The lowest BCUT2D eigenvalue weighted by Gasteiger charge is -2.27. The monoisotopic (exact) mass is 461 g/mol. The summed E-state index contributed by atoms with van der Waals surface area (Å²) in [5.41, 5.74) is 2.80. The number of ether oxygens (including phenoxy) is 3. The fourth-order valence-corrected chi connectivity index (χ4v) is 3.56. The van der Waals surface area contributed by atoms with Crippen molar-refractivity contribution in [3.8, 4) is 5.75 Å². The number of carbonyl (C=O) groups excluding carboxylic acids is 1. The first-order valence-electron chi connectivity index (χ1n) is 9.85. The molecular weight excluding hydrogens is 434 g/mol. The third kappa shape index (κ3) is 6.75. The molecule has 0 radical (unpaired) electrons. The van der Waals surface area contributed by atoms with Gasteiger partial charge >= 0.3 is 6.09 Å². The summed E-state index contributed by atoms with van der Waals surface area (Å²) in [6, 6.07) is 14.3. The van der Waals surface area contributed by atoms with Crippen molar-refractivity contribution in [2.75, 3.05) is 26.4 Å². The molecule has 0 spiro atoms. The SMILES string of the molecule is CC(C)(C)OC(=O)N1CCOCCOc2ccc(Br)cc2Cc2cccc(c2)C1. The van der Waals surface area contributed by atoms with Gasteiger partial charge in [0.1, 0.15) is 18.0 Å². The molecule has 5 nitrogen and oxygen atoms in total. The molecule has 0 aliphatic carbocycles. The van der Waals surface area contributed by atoms with Gasteiger partial charge < -0.3 is 19.1 Å². The number of fused-ring (bicyclic) bond motifs is 3. The summed E-state index contributed by atoms with van der Waals surface area (Å²) in [4.78, 5) is 14.4. The van der Waals surface area contributed by atoms with E-state index in [-0.39, 0.29) is 6.09 Å². The van der Waals surface area contributed by atoms with E-state index in [1.165, 1.54) is 5.56 Å². The Kier molecular flexibility index (Phi) is 7.19. The molecule has 0 saturated carbocycles. The Morgan fingerprint density at radius 2 is 1.86 bits per heavy atom. The number of hydrogen-bond acceptors (Lipinski definition) is 4. The summed E-state index contributed by atoms with van der Waals surface area (Å²) in [5, 5.41) is 0. The summed E-state index contributed by atoms with van der Waals surface area (Å²) in [7, 11) is 0. The van der Waals surface area contributed by atoms with Gasteiger partial charge in [0.2, 0.25) is 0 Å². The second kappa shape index (κ2) is 9.63. The average molecular weight is 462 g/mol. The number of amides is 1. The van der Waals surface area contributed by atoms with Crippen molar-refractivity contribution in [3.63, 3.8) is 0 Å². The van der Waals surface area contributed by atoms with Crippen molar-refractivity contribution in [1.29, 1.82) is 0 Å². The highest BCUT2D eigenvalue weighted by Crippen LogP contribution is 2.26. The van der Waals surface area contributed by atoms with Crippen LogP contribution in [0.1, 0.15) is 37.5 Å². The maximum atomic E-state index is 12.7. The van der Waals surface area contributed by atoms with E-state index in [9.17, 15) is 4.79 Å². The molecule has 1 aliphatic rings. The molecule has 0 saturated heterocycles. The van der Waals surface area contributed by atoms with Gasteiger partial charge in [-0.3, -0.25) is 0 Å². The van der Waals surface area contributed by atoms with E-state index >= 15 is 0 Å². The maximum absolute atomic E-state index is 12.7. The third-order valence-electron chi connectivity index (χ3n) is 4.42. The van der Waals surface area contributed by atoms with Crippen LogP contribution < -0.4 is 4.74 Å². The van der Waals surface area contributed by atoms with Gasteiger partial charge in [-0.2, -0.15) is 0 Å². The number of benzene rings is 2. The Balaban J connectivity index is 1.86. The molecule has 1 heterocycles. The fraction of sp³-hybridized carbons (Fsp3) is 0.435. The highest BCUT2D eigenvalue weighted by molar-refractivity contribution is 9.10. The molecule has 1 aliphatic heterocycles. The van der Waals surface area contributed by atoms with E-state index < -0.39 is 5.60 Å². The van der Waals surface area contributed by atoms with Gasteiger partial charge in [0.15, 0.2) is 0 Å². The van der Waals surface area contributed by atoms with Crippen LogP contribution in [0.15, 0.2) is 46.9 Å². The van der Waals surface area contributed by atoms with Gasteiger partial charge in [0.25, 0.3) is 0 Å². The number of halogens is 1. The molecule has 0 unspecified atom stereocenters. The molecule has 1 amide bonds. The standard InChI is InChI=1S/C23H28BrNO4/c1-23(2,3)29-22(26)25-9-10-27-11-12-28-21-8-7-20(24)15-19(21)14-17-5-4-6-18(13-17)16-25/h4-8,13,15H,9-12,14,16H2,1-3H3. The van der Waals surface area contributed by atoms with Crippen LogP contribution in [0, 0.1) is 0 Å². The lowest BCUT2D eigenvalue weighted by molar-refractivity contribution is 0.0141. The number of hydrogen-bond donors (Lipinski definition) is 0. The predicted molar refractivity (Wildman–Crippen MR) is 116 cm³/mol. The van der Waals surface area contributed by atoms with Crippen LogP contribution in [0.25, 0.3) is 0 Å². The van der Waals surface area contributed by atoms with Crippen LogP contribution in [0.4, 0.5) is 4.79 Å². The molecule has 29 heavy (non-hydrogen) atoms. The zero-order valence-corrected chi connectivity index (χ0v) is 18.8. The van der Waals surface area contributed by atoms with E-state index in [4.69, 9.17) is 14.2 Å². The Morgan fingerprint density at radius 3 is 2.66 bits per heavy atom. The van der Waals surface area contributed by atoms with Gasteiger partial charge in [-0.05, 0) is 55.7 Å². The van der Waals surface area contributed by atoms with Gasteiger partial charge in [0.05, 0.1) is 13.2 Å². The Labute approximate surface area is 181 Å². The third-order valence-corrected chi connectivity index (χ3v) is 4.92. The maximum Gasteiger partial charge on any atom is 0.410 e. The van der Waals surface area contributed by atoms with E-state index in [0.29, 0.717) is 32.9 Å². The predicted octanol–water partition coefficient (Wildman–Crippen LogP) is 5.19. The van der Waals surface area contributed by atoms with Crippen molar-refractivity contribution in [3.05, 3.63) is 63.6 Å². The van der Waals surface area contributed by atoms with Crippen LogP contribution in [0.3, 0.4) is 0 Å². The minimum Gasteiger partial charge on any atom is -0.491 e. The van der Waals surface area contributed by atoms with E-state index in [2.05, 4.69) is 34.1 Å². The second-order valence-electron chi connectivity index (χ2n) is 8.11. The van der Waals surface area contributed by atoms with Crippen LogP contribution >= 0.6 is 15.9 Å². The van der Waals surface area contributed by atoms with Crippen LogP contribution in [0.2, 0.25) is 0 Å². The average Bonchev–Trinajstić information content (AvgIpc) is 2.63. The first-order chi connectivity index (χ1) is 13.8. The molecule has 0 atom stereocenters. The number of nitrogens with zero attached hydrogens (tertiary/aromatic N) is 1. The second-order valence-corrected chi connectivity index (χ2v) is 9.03. The molecular formula is C23H28BrNO4. The van der Waals surface area contributed by atoms with Crippen molar-refractivity contribution >= 4 is 22.0 Å². The van der Waals surface area contributed by atoms with Crippen LogP contribution in [-0.4, -0.2) is 43.0 Å². The highest BCUT2D eigenvalue weighted by Gasteiger charge is 2.22. The van der Waals surface area contributed by atoms with Crippen LogP contribution in [0.5, 0.6) is 5.75 Å². The minimum absolute atomic E-state index is 0.330. The summed E-state index contributed by atoms with van der Waals surface area (Å²) >= 11 is 3.55.